The molecule has 0 bridgehead atoms. The van der Waals surface area contributed by atoms with Gasteiger partial charge in [0.15, 0.2) is 0 Å². The van der Waals surface area contributed by atoms with E-state index in [4.69, 9.17) is 22.6 Å². The van der Waals surface area contributed by atoms with E-state index in [2.05, 4.69) is 0 Å². The van der Waals surface area contributed by atoms with Crippen molar-refractivity contribution in [2.45, 2.75) is 6.92 Å². The molecule has 0 spiro atoms. The molecule has 0 unspecified atom stereocenters. The van der Waals surface area contributed by atoms with Gasteiger partial charge in [0.1, 0.15) is 0 Å². The smallest absolute Gasteiger partial charge is 0.0311 e. The van der Waals surface area contributed by atoms with Gasteiger partial charge in [-0.05, 0) is 0 Å². The molecule has 0 aromatic heterocycles. The molecule has 0 saturated carbocycles. The van der Waals surface area contributed by atoms with Crippen LogP contribution in [0, 0.1) is 0 Å². The van der Waals surface area contributed by atoms with Crippen molar-refractivity contribution < 1.29 is 33.6 Å². The molecular formula is C2H21N3O7S. The van der Waals surface area contributed by atoms with Gasteiger partial charge in [-0.2, -0.15) is 0 Å². The summed E-state index contributed by atoms with van der Waals surface area (Å²) in [5.74, 6) is 0. The van der Waals surface area contributed by atoms with E-state index in [9.17, 15) is 0 Å². The number of rotatable bonds is 0. The summed E-state index contributed by atoms with van der Waals surface area (Å²) in [5.41, 5.74) is 0. The lowest BCUT2D eigenvalue weighted by Crippen LogP contribution is -1.97. The Labute approximate surface area is 76.9 Å². The first-order valence-corrected chi connectivity index (χ1v) is 3.00. The highest BCUT2D eigenvalue weighted by molar-refractivity contribution is 7.79. The summed E-state index contributed by atoms with van der Waals surface area (Å²) in [6.45, 7) is 1.57. The van der Waals surface area contributed by atoms with E-state index < -0.39 is 10.4 Å². The molecule has 11 heteroatoms. The summed E-state index contributed by atoms with van der Waals surface area (Å²) >= 11 is 0. The average Bonchev–Trinajstić information content (AvgIpc) is 1.27. The molecule has 0 fully saturated rings. The third-order valence-corrected chi connectivity index (χ3v) is 0. The Kier molecular flexibility index (Phi) is 124. The zero-order valence-corrected chi connectivity index (χ0v) is 8.97. The third-order valence-electron chi connectivity index (χ3n) is 0. The van der Waals surface area contributed by atoms with E-state index in [-0.39, 0.29) is 36.0 Å². The Balaban J connectivity index is -0.00000000840. The maximum Gasteiger partial charge on any atom is 0.0311 e. The van der Waals surface area contributed by atoms with Gasteiger partial charge >= 0.3 is 0 Å². The second-order valence-corrected chi connectivity index (χ2v) is 1.51. The second-order valence-electron chi connectivity index (χ2n) is 0.697. The molecule has 0 aromatic carbocycles. The molecule has 0 rings (SSSR count). The fourth-order valence-corrected chi connectivity index (χ4v) is 0. The molecular weight excluding hydrogens is 210 g/mol. The first kappa shape index (κ1) is 53.9. The lowest BCUT2D eigenvalue weighted by molar-refractivity contribution is -0.361. The number of quaternary nitrogens is 3. The SMILES string of the molecule is CC[O-].O.O.O=S(=O)([O-])[O-].[NH4+].[NH4+].[NH4+]. The zero-order chi connectivity index (χ0) is 7.21. The van der Waals surface area contributed by atoms with Crippen LogP contribution in [-0.4, -0.2) is 35.1 Å². The molecule has 0 aliphatic carbocycles. The van der Waals surface area contributed by atoms with Crippen LogP contribution in [0.25, 0.3) is 0 Å². The van der Waals surface area contributed by atoms with Gasteiger partial charge in [-0.25, -0.2) is 0 Å². The zero-order valence-electron chi connectivity index (χ0n) is 8.16. The van der Waals surface area contributed by atoms with Crippen LogP contribution in [0.15, 0.2) is 0 Å². The predicted octanol–water partition coefficient (Wildman–Crippen LogP) is -2.49. The highest BCUT2D eigenvalue weighted by Gasteiger charge is 1.49. The predicted molar refractivity (Wildman–Crippen MR) is 46.2 cm³/mol. The Hall–Kier alpha value is -0.370. The quantitative estimate of drug-likeness (QED) is 0.300. The van der Waals surface area contributed by atoms with Crippen molar-refractivity contribution in [2.24, 2.45) is 0 Å². The van der Waals surface area contributed by atoms with E-state index in [1.807, 2.05) is 0 Å². The molecule has 0 aliphatic heterocycles. The summed E-state index contributed by atoms with van der Waals surface area (Å²) in [5, 5.41) is 8.93. The summed E-state index contributed by atoms with van der Waals surface area (Å²) < 4.78 is 34.1. The maximum absolute atomic E-state index is 8.93. The van der Waals surface area contributed by atoms with Gasteiger partial charge in [-0.3, -0.25) is 8.42 Å². The number of hydrogen-bond donors (Lipinski definition) is 3. The minimum absolute atomic E-state index is 0. The van der Waals surface area contributed by atoms with Crippen LogP contribution in [0.1, 0.15) is 6.92 Å². The van der Waals surface area contributed by atoms with Gasteiger partial charge < -0.3 is 43.6 Å². The molecule has 0 aliphatic rings. The Morgan fingerprint density at radius 2 is 1.00 bits per heavy atom. The minimum atomic E-state index is -5.17. The third kappa shape index (κ3) is 7880. The second kappa shape index (κ2) is 29.9. The molecule has 10 nitrogen and oxygen atoms in total. The first-order valence-electron chi connectivity index (χ1n) is 1.66. The van der Waals surface area contributed by atoms with Crippen molar-refractivity contribution >= 4 is 10.4 Å². The van der Waals surface area contributed by atoms with Crippen LogP contribution < -0.4 is 23.6 Å². The van der Waals surface area contributed by atoms with Gasteiger partial charge in [0.05, 0.1) is 0 Å². The molecule has 0 heterocycles. The van der Waals surface area contributed by atoms with E-state index in [1.165, 1.54) is 0 Å². The fourth-order valence-electron chi connectivity index (χ4n) is 0. The van der Waals surface area contributed by atoms with Crippen LogP contribution in [0.3, 0.4) is 0 Å². The van der Waals surface area contributed by atoms with E-state index in [1.54, 1.807) is 6.92 Å². The van der Waals surface area contributed by atoms with Crippen molar-refractivity contribution in [1.29, 1.82) is 0 Å². The molecule has 92 valence electrons. The van der Waals surface area contributed by atoms with Gasteiger partial charge in [0.25, 0.3) is 0 Å². The molecule has 0 radical (unpaired) electrons. The topological polar surface area (TPSA) is 276 Å². The molecule has 0 aromatic rings. The van der Waals surface area contributed by atoms with Crippen molar-refractivity contribution in [3.63, 3.8) is 0 Å². The van der Waals surface area contributed by atoms with Crippen LogP contribution in [0.5, 0.6) is 0 Å². The Morgan fingerprint density at radius 1 is 1.00 bits per heavy atom. The summed E-state index contributed by atoms with van der Waals surface area (Å²) in [6.07, 6.45) is 0. The monoisotopic (exact) mass is 231 g/mol. The van der Waals surface area contributed by atoms with Crippen molar-refractivity contribution in [1.82, 2.24) is 18.5 Å². The Morgan fingerprint density at radius 3 is 1.00 bits per heavy atom. The standard InChI is InChI=1S/C2H5O.3H3N.H2O4S.2H2O/c1-2-3;;;;1-5(2,3)4;;/h2H2,1H3;3*1H3;(H2,1,2,3,4);2*1H2/q-1;;;;;;/p+1. The molecule has 0 saturated heterocycles. The lowest BCUT2D eigenvalue weighted by atomic mass is 10.9. The first-order chi connectivity index (χ1) is 3.41. The molecule has 13 heavy (non-hydrogen) atoms. The van der Waals surface area contributed by atoms with E-state index >= 15 is 0 Å². The van der Waals surface area contributed by atoms with Gasteiger partial charge in [-0.15, -0.1) is 6.61 Å². The van der Waals surface area contributed by atoms with Gasteiger partial charge in [0.2, 0.25) is 0 Å². The summed E-state index contributed by atoms with van der Waals surface area (Å²) in [7, 11) is -5.17. The lowest BCUT2D eigenvalue weighted by Gasteiger charge is -2.06. The summed E-state index contributed by atoms with van der Waals surface area (Å²) in [4.78, 5) is 0. The van der Waals surface area contributed by atoms with Crippen molar-refractivity contribution in [3.8, 4) is 0 Å². The minimum Gasteiger partial charge on any atom is -0.855 e. The van der Waals surface area contributed by atoms with Gasteiger partial charge in [-0.1, -0.05) is 6.92 Å². The van der Waals surface area contributed by atoms with Crippen LogP contribution in [0.2, 0.25) is 0 Å². The maximum atomic E-state index is 8.93. The van der Waals surface area contributed by atoms with Crippen LogP contribution in [-0.2, 0) is 10.4 Å². The van der Waals surface area contributed by atoms with Crippen LogP contribution >= 0.6 is 0 Å². The largest absolute Gasteiger partial charge is 0.855 e. The number of hydrogen-bond acceptors (Lipinski definition) is 5. The molecule has 0 atom stereocenters. The van der Waals surface area contributed by atoms with Crippen LogP contribution in [0.4, 0.5) is 0 Å². The van der Waals surface area contributed by atoms with Gasteiger partial charge in [0, 0.05) is 10.4 Å². The van der Waals surface area contributed by atoms with E-state index in [0.717, 1.165) is 0 Å². The highest BCUT2D eigenvalue weighted by atomic mass is 32.3. The van der Waals surface area contributed by atoms with Crippen molar-refractivity contribution in [3.05, 3.63) is 0 Å². The van der Waals surface area contributed by atoms with Crippen molar-refractivity contribution in [2.75, 3.05) is 6.61 Å². The molecule has 0 amide bonds. The fraction of sp³-hybridized carbons (Fsp3) is 1.00. The normalized spacial score (nSPS) is 5.85. The van der Waals surface area contributed by atoms with E-state index in [0.29, 0.717) is 0 Å². The Bertz CT molecular complexity index is 116. The molecule has 16 N–H and O–H groups in total. The highest BCUT2D eigenvalue weighted by Crippen LogP contribution is 1.57. The summed E-state index contributed by atoms with van der Waals surface area (Å²) in [6, 6.07) is 0. The average molecular weight is 231 g/mol.